The standard InChI is InChI=1S/C13H10ClN3O3.ClH/c1-9-3-2-6-16(8-9)15-13(18)10-4-5-11(14)12(7-10)17(19)20;/h2-8H,1H3;1H. The fourth-order valence-electron chi connectivity index (χ4n) is 1.64. The van der Waals surface area contributed by atoms with Crippen molar-refractivity contribution in [2.24, 2.45) is 0 Å². The van der Waals surface area contributed by atoms with Gasteiger partial charge >= 0.3 is 5.91 Å². The number of benzene rings is 1. The van der Waals surface area contributed by atoms with Crippen LogP contribution < -0.4 is 22.5 Å². The maximum Gasteiger partial charge on any atom is 0.305 e. The van der Waals surface area contributed by atoms with Gasteiger partial charge in [-0.3, -0.25) is 14.9 Å². The number of carbonyl (C=O) groups is 1. The van der Waals surface area contributed by atoms with Crippen LogP contribution in [0.25, 0.3) is 0 Å². The molecule has 1 N–H and O–H groups in total. The molecule has 2 rings (SSSR count). The molecule has 0 saturated heterocycles. The number of aromatic nitrogens is 1. The molecule has 0 atom stereocenters. The Morgan fingerprint density at radius 3 is 2.71 bits per heavy atom. The minimum atomic E-state index is -0.626. The van der Waals surface area contributed by atoms with Crippen LogP contribution in [0.15, 0.2) is 42.7 Å². The van der Waals surface area contributed by atoms with Crippen LogP contribution in [0.1, 0.15) is 15.9 Å². The van der Waals surface area contributed by atoms with Crippen LogP contribution in [0.4, 0.5) is 5.69 Å². The van der Waals surface area contributed by atoms with Crippen LogP contribution in [0.2, 0.25) is 5.02 Å². The van der Waals surface area contributed by atoms with Crippen molar-refractivity contribution in [1.82, 2.24) is 0 Å². The summed E-state index contributed by atoms with van der Waals surface area (Å²) >= 11 is 5.70. The van der Waals surface area contributed by atoms with Gasteiger partial charge in [0.15, 0.2) is 6.20 Å². The van der Waals surface area contributed by atoms with Crippen molar-refractivity contribution in [1.29, 1.82) is 0 Å². The summed E-state index contributed by atoms with van der Waals surface area (Å²) in [5.74, 6) is -0.458. The molecule has 1 heterocycles. The first-order chi connectivity index (χ1) is 9.47. The van der Waals surface area contributed by atoms with Gasteiger partial charge in [0, 0.05) is 17.7 Å². The Morgan fingerprint density at radius 2 is 2.10 bits per heavy atom. The lowest BCUT2D eigenvalue weighted by atomic mass is 10.2. The maximum absolute atomic E-state index is 12.0. The van der Waals surface area contributed by atoms with Gasteiger partial charge in [-0.2, -0.15) is 0 Å². The second-order valence-electron chi connectivity index (χ2n) is 4.15. The molecule has 110 valence electrons. The van der Waals surface area contributed by atoms with E-state index < -0.39 is 10.8 Å². The van der Waals surface area contributed by atoms with Crippen LogP contribution in [0, 0.1) is 17.0 Å². The molecule has 0 aliphatic heterocycles. The molecular weight excluding hydrogens is 317 g/mol. The lowest BCUT2D eigenvalue weighted by Gasteiger charge is -2.01. The zero-order valence-corrected chi connectivity index (χ0v) is 12.4. The molecule has 0 bridgehead atoms. The monoisotopic (exact) mass is 327 g/mol. The summed E-state index contributed by atoms with van der Waals surface area (Å²) in [4.78, 5) is 22.2. The van der Waals surface area contributed by atoms with Gasteiger partial charge in [-0.05, 0) is 25.1 Å². The predicted octanol–water partition coefficient (Wildman–Crippen LogP) is -0.768. The van der Waals surface area contributed by atoms with Gasteiger partial charge in [0.2, 0.25) is 6.20 Å². The number of rotatable bonds is 3. The number of pyridine rings is 1. The summed E-state index contributed by atoms with van der Waals surface area (Å²) in [6, 6.07) is 7.57. The second-order valence-corrected chi connectivity index (χ2v) is 4.56. The molecule has 1 amide bonds. The highest BCUT2D eigenvalue weighted by Crippen LogP contribution is 2.24. The number of nitrogens with zero attached hydrogens (tertiary/aromatic N) is 2. The molecule has 6 nitrogen and oxygen atoms in total. The molecule has 0 aliphatic carbocycles. The highest BCUT2D eigenvalue weighted by molar-refractivity contribution is 6.32. The van der Waals surface area contributed by atoms with Crippen molar-refractivity contribution in [3.05, 3.63) is 69.0 Å². The predicted molar refractivity (Wildman–Crippen MR) is 73.2 cm³/mol. The van der Waals surface area contributed by atoms with E-state index in [2.05, 4.69) is 5.43 Å². The molecule has 1 aromatic heterocycles. The van der Waals surface area contributed by atoms with Gasteiger partial charge in [-0.25, -0.2) is 0 Å². The quantitative estimate of drug-likeness (QED) is 0.457. The number of hydrogen-bond acceptors (Lipinski definition) is 3. The smallest absolute Gasteiger partial charge is 0.305 e. The number of aryl methyl sites for hydroxylation is 1. The maximum atomic E-state index is 12.0. The first-order valence-electron chi connectivity index (χ1n) is 5.70. The summed E-state index contributed by atoms with van der Waals surface area (Å²) in [5.41, 5.74) is 3.43. The fraction of sp³-hybridized carbons (Fsp3) is 0.0769. The summed E-state index contributed by atoms with van der Waals surface area (Å²) in [7, 11) is 0. The van der Waals surface area contributed by atoms with E-state index in [-0.39, 0.29) is 28.7 Å². The topological polar surface area (TPSA) is 76.1 Å². The minimum Gasteiger partial charge on any atom is -1.00 e. The average molecular weight is 328 g/mol. The highest BCUT2D eigenvalue weighted by atomic mass is 35.5. The van der Waals surface area contributed by atoms with Gasteiger partial charge in [-0.15, -0.1) is 5.43 Å². The fourth-order valence-corrected chi connectivity index (χ4v) is 1.82. The molecular formula is C13H11Cl2N3O3. The number of halogens is 2. The Balaban J connectivity index is 0.00000220. The van der Waals surface area contributed by atoms with E-state index in [1.165, 1.54) is 16.8 Å². The summed E-state index contributed by atoms with van der Waals surface area (Å²) in [6.07, 6.45) is 3.39. The van der Waals surface area contributed by atoms with Gasteiger partial charge in [0.1, 0.15) is 5.02 Å². The Morgan fingerprint density at radius 1 is 1.38 bits per heavy atom. The summed E-state index contributed by atoms with van der Waals surface area (Å²) in [5, 5.41) is 10.8. The third-order valence-electron chi connectivity index (χ3n) is 2.58. The van der Waals surface area contributed by atoms with Crippen molar-refractivity contribution >= 4 is 23.2 Å². The molecule has 2 aromatic rings. The number of nitro groups is 1. The van der Waals surface area contributed by atoms with E-state index >= 15 is 0 Å². The molecule has 0 spiro atoms. The normalized spacial score (nSPS) is 9.62. The molecule has 0 unspecified atom stereocenters. The van der Waals surface area contributed by atoms with Crippen LogP contribution >= 0.6 is 11.6 Å². The molecule has 0 radical (unpaired) electrons. The third kappa shape index (κ3) is 4.14. The van der Waals surface area contributed by atoms with Gasteiger partial charge in [0.05, 0.1) is 10.5 Å². The van der Waals surface area contributed by atoms with Crippen molar-refractivity contribution in [2.45, 2.75) is 6.92 Å². The number of nitrogens with one attached hydrogen (secondary N) is 1. The van der Waals surface area contributed by atoms with E-state index in [1.54, 1.807) is 18.5 Å². The van der Waals surface area contributed by atoms with Crippen molar-refractivity contribution < 1.29 is 26.8 Å². The van der Waals surface area contributed by atoms with E-state index in [1.807, 2.05) is 13.0 Å². The SMILES string of the molecule is Cc1ccc[n+](NC(=O)c2ccc(Cl)c([N+](=O)[O-])c2)c1.[Cl-]. The molecule has 21 heavy (non-hydrogen) atoms. The van der Waals surface area contributed by atoms with Crippen molar-refractivity contribution in [2.75, 3.05) is 5.43 Å². The van der Waals surface area contributed by atoms with E-state index in [4.69, 9.17) is 11.6 Å². The molecule has 0 aliphatic rings. The lowest BCUT2D eigenvalue weighted by molar-refractivity contribution is -0.641. The minimum absolute atomic E-state index is 0. The molecule has 8 heteroatoms. The van der Waals surface area contributed by atoms with Gasteiger partial charge in [0.25, 0.3) is 5.69 Å². The lowest BCUT2D eigenvalue weighted by Crippen LogP contribution is -3.00. The second kappa shape index (κ2) is 7.01. The highest BCUT2D eigenvalue weighted by Gasteiger charge is 2.18. The molecule has 0 saturated carbocycles. The van der Waals surface area contributed by atoms with Gasteiger partial charge < -0.3 is 12.4 Å². The van der Waals surface area contributed by atoms with Crippen LogP contribution in [0.3, 0.4) is 0 Å². The summed E-state index contributed by atoms with van der Waals surface area (Å²) in [6.45, 7) is 1.88. The van der Waals surface area contributed by atoms with Crippen LogP contribution in [-0.4, -0.2) is 10.8 Å². The Kier molecular flexibility index (Phi) is 5.63. The largest absolute Gasteiger partial charge is 1.00 e. The van der Waals surface area contributed by atoms with E-state index in [0.29, 0.717) is 0 Å². The molecule has 0 fully saturated rings. The number of carbonyl (C=O) groups excluding carboxylic acids is 1. The van der Waals surface area contributed by atoms with E-state index in [0.717, 1.165) is 11.6 Å². The number of hydrogen-bond donors (Lipinski definition) is 1. The van der Waals surface area contributed by atoms with Gasteiger partial charge in [-0.1, -0.05) is 16.3 Å². The summed E-state index contributed by atoms with van der Waals surface area (Å²) < 4.78 is 1.48. The van der Waals surface area contributed by atoms with Crippen molar-refractivity contribution in [3.8, 4) is 0 Å². The zero-order valence-electron chi connectivity index (χ0n) is 10.9. The zero-order chi connectivity index (χ0) is 14.7. The first kappa shape index (κ1) is 16.9. The number of amides is 1. The van der Waals surface area contributed by atoms with Crippen LogP contribution in [0.5, 0.6) is 0 Å². The van der Waals surface area contributed by atoms with E-state index in [9.17, 15) is 14.9 Å². The number of nitro benzene ring substituents is 1. The first-order valence-corrected chi connectivity index (χ1v) is 6.08. The Hall–Kier alpha value is -2.18. The van der Waals surface area contributed by atoms with Crippen LogP contribution in [-0.2, 0) is 0 Å². The Labute approximate surface area is 131 Å². The van der Waals surface area contributed by atoms with Crippen molar-refractivity contribution in [3.63, 3.8) is 0 Å². The third-order valence-corrected chi connectivity index (χ3v) is 2.90. The average Bonchev–Trinajstić information content (AvgIpc) is 2.38. The Bertz CT molecular complexity index is 692. The molecule has 1 aromatic carbocycles.